The van der Waals surface area contributed by atoms with E-state index in [1.54, 1.807) is 0 Å². The van der Waals surface area contributed by atoms with Crippen LogP contribution < -0.4 is 0 Å². The Bertz CT molecular complexity index is 2980. The zero-order chi connectivity index (χ0) is 35.3. The normalized spacial score (nSPS) is 11.4. The van der Waals surface area contributed by atoms with E-state index in [1.807, 2.05) is 97.1 Å². The van der Waals surface area contributed by atoms with E-state index >= 15 is 0 Å². The van der Waals surface area contributed by atoms with E-state index in [0.717, 1.165) is 82.4 Å². The zero-order valence-corrected chi connectivity index (χ0v) is 28.4. The van der Waals surface area contributed by atoms with Gasteiger partial charge >= 0.3 is 0 Å². The van der Waals surface area contributed by atoms with Gasteiger partial charge in [0.15, 0.2) is 17.5 Å². The van der Waals surface area contributed by atoms with Crippen molar-refractivity contribution in [1.82, 2.24) is 15.0 Å². The summed E-state index contributed by atoms with van der Waals surface area (Å²) < 4.78 is 6.70. The SMILES string of the molecule is N#Cc1ccc(-c2ccc(-c3ccc4c5ccc(-c6nc(-c7ccccc7)nc(-c7ccccc7)n6)cc5c5oc6ccccc6c5c4c3)cc2)cc1. The van der Waals surface area contributed by atoms with Gasteiger partial charge in [0.25, 0.3) is 0 Å². The molecule has 0 bridgehead atoms. The molecule has 0 radical (unpaired) electrons. The fourth-order valence-corrected chi connectivity index (χ4v) is 7.30. The van der Waals surface area contributed by atoms with Gasteiger partial charge in [0.05, 0.1) is 11.6 Å². The van der Waals surface area contributed by atoms with Gasteiger partial charge in [0.1, 0.15) is 11.2 Å². The number of hydrogen-bond acceptors (Lipinski definition) is 5. The minimum atomic E-state index is 0.601. The summed E-state index contributed by atoms with van der Waals surface area (Å²) in [6.07, 6.45) is 0. The van der Waals surface area contributed by atoms with E-state index in [9.17, 15) is 5.26 Å². The van der Waals surface area contributed by atoms with Crippen LogP contribution in [0.3, 0.4) is 0 Å². The Morgan fingerprint density at radius 3 is 1.47 bits per heavy atom. The number of furan rings is 1. The van der Waals surface area contributed by atoms with Crippen LogP contribution in [0.4, 0.5) is 0 Å². The molecule has 0 N–H and O–H groups in total. The lowest BCUT2D eigenvalue weighted by molar-refractivity contribution is 0.673. The van der Waals surface area contributed by atoms with E-state index in [1.165, 1.54) is 0 Å². The molecular weight excluding hydrogens is 649 g/mol. The summed E-state index contributed by atoms with van der Waals surface area (Å²) in [5.41, 5.74) is 9.51. The van der Waals surface area contributed by atoms with E-state index in [0.29, 0.717) is 23.0 Å². The van der Waals surface area contributed by atoms with Crippen molar-refractivity contribution in [3.05, 3.63) is 175 Å². The van der Waals surface area contributed by atoms with Crippen LogP contribution in [-0.2, 0) is 0 Å². The smallest absolute Gasteiger partial charge is 0.164 e. The van der Waals surface area contributed by atoms with Crippen molar-refractivity contribution in [2.45, 2.75) is 0 Å². The van der Waals surface area contributed by atoms with Crippen LogP contribution in [-0.4, -0.2) is 15.0 Å². The molecule has 0 spiro atoms. The number of nitrogens with zero attached hydrogens (tertiary/aromatic N) is 4. The number of nitriles is 1. The minimum absolute atomic E-state index is 0.601. The number of aromatic nitrogens is 3. The van der Waals surface area contributed by atoms with Crippen molar-refractivity contribution in [1.29, 1.82) is 5.26 Å². The molecule has 5 nitrogen and oxygen atoms in total. The monoisotopic (exact) mass is 676 g/mol. The Labute approximate surface area is 305 Å². The quantitative estimate of drug-likeness (QED) is 0.170. The lowest BCUT2D eigenvalue weighted by atomic mass is 9.92. The molecule has 0 fully saturated rings. The standard InChI is InChI=1S/C48H28N4O/c49-29-30-15-17-31(18-16-30)32-19-21-33(22-20-32)36-23-25-38-39-26-24-37(28-42(39)45-44(41(38)27-36)40-13-7-8-14-43(40)53-45)48-51-46(34-9-3-1-4-10-34)50-47(52-48)35-11-5-2-6-12-35/h1-28H. The van der Waals surface area contributed by atoms with E-state index in [-0.39, 0.29) is 0 Å². The van der Waals surface area contributed by atoms with Gasteiger partial charge in [-0.25, -0.2) is 15.0 Å². The Hall–Kier alpha value is -7.42. The largest absolute Gasteiger partial charge is 0.455 e. The summed E-state index contributed by atoms with van der Waals surface area (Å²) in [5, 5.41) is 15.7. The molecule has 2 heterocycles. The molecule has 0 aliphatic rings. The van der Waals surface area contributed by atoms with Crippen molar-refractivity contribution in [3.63, 3.8) is 0 Å². The van der Waals surface area contributed by atoms with Gasteiger partial charge in [-0.1, -0.05) is 140 Å². The molecule has 246 valence electrons. The maximum Gasteiger partial charge on any atom is 0.164 e. The Morgan fingerprint density at radius 1 is 0.377 bits per heavy atom. The highest BCUT2D eigenvalue weighted by atomic mass is 16.3. The van der Waals surface area contributed by atoms with Gasteiger partial charge < -0.3 is 4.42 Å². The van der Waals surface area contributed by atoms with E-state index in [2.05, 4.69) is 78.9 Å². The van der Waals surface area contributed by atoms with Crippen LogP contribution in [0.1, 0.15) is 5.56 Å². The van der Waals surface area contributed by atoms with Gasteiger partial charge in [0.2, 0.25) is 0 Å². The second-order valence-electron chi connectivity index (χ2n) is 13.1. The topological polar surface area (TPSA) is 75.6 Å². The van der Waals surface area contributed by atoms with Crippen LogP contribution in [0.15, 0.2) is 174 Å². The number of fused-ring (bicyclic) bond motifs is 8. The molecule has 0 saturated heterocycles. The summed E-state index contributed by atoms with van der Waals surface area (Å²) in [6.45, 7) is 0. The van der Waals surface area contributed by atoms with Crippen molar-refractivity contribution in [2.75, 3.05) is 0 Å². The molecule has 8 aromatic carbocycles. The summed E-state index contributed by atoms with van der Waals surface area (Å²) in [5.74, 6) is 1.85. The Balaban J connectivity index is 1.15. The average Bonchev–Trinajstić information content (AvgIpc) is 3.64. The fourth-order valence-electron chi connectivity index (χ4n) is 7.30. The summed E-state index contributed by atoms with van der Waals surface area (Å²) in [7, 11) is 0. The van der Waals surface area contributed by atoms with E-state index in [4.69, 9.17) is 19.4 Å². The molecule has 53 heavy (non-hydrogen) atoms. The first kappa shape index (κ1) is 30.4. The molecule has 0 aliphatic carbocycles. The third-order valence-electron chi connectivity index (χ3n) is 9.96. The van der Waals surface area contributed by atoms with Crippen LogP contribution in [0, 0.1) is 11.3 Å². The molecule has 2 aromatic heterocycles. The highest BCUT2D eigenvalue weighted by molar-refractivity contribution is 6.30. The molecule has 0 unspecified atom stereocenters. The van der Waals surface area contributed by atoms with Crippen molar-refractivity contribution in [3.8, 4) is 62.5 Å². The first-order chi connectivity index (χ1) is 26.2. The number of para-hydroxylation sites is 1. The second-order valence-corrected chi connectivity index (χ2v) is 13.1. The third kappa shape index (κ3) is 5.29. The lowest BCUT2D eigenvalue weighted by Crippen LogP contribution is -2.00. The number of hydrogen-bond donors (Lipinski definition) is 0. The summed E-state index contributed by atoms with van der Waals surface area (Å²) in [6, 6.07) is 60.0. The van der Waals surface area contributed by atoms with Gasteiger partial charge in [-0.3, -0.25) is 0 Å². The highest BCUT2D eigenvalue weighted by Gasteiger charge is 2.19. The van der Waals surface area contributed by atoms with Crippen LogP contribution in [0.5, 0.6) is 0 Å². The van der Waals surface area contributed by atoms with Gasteiger partial charge in [-0.05, 0) is 68.7 Å². The zero-order valence-electron chi connectivity index (χ0n) is 28.4. The lowest BCUT2D eigenvalue weighted by Gasteiger charge is -2.12. The maximum absolute atomic E-state index is 9.19. The number of benzene rings is 8. The van der Waals surface area contributed by atoms with Crippen LogP contribution >= 0.6 is 0 Å². The van der Waals surface area contributed by atoms with Crippen molar-refractivity contribution in [2.24, 2.45) is 0 Å². The molecule has 0 saturated carbocycles. The second kappa shape index (κ2) is 12.4. The molecule has 10 aromatic rings. The van der Waals surface area contributed by atoms with Crippen LogP contribution in [0.25, 0.3) is 99.9 Å². The fraction of sp³-hybridized carbons (Fsp3) is 0. The van der Waals surface area contributed by atoms with E-state index < -0.39 is 0 Å². The molecule has 10 rings (SSSR count). The summed E-state index contributed by atoms with van der Waals surface area (Å²) in [4.78, 5) is 14.9. The van der Waals surface area contributed by atoms with Gasteiger partial charge in [-0.2, -0.15) is 5.26 Å². The highest BCUT2D eigenvalue weighted by Crippen LogP contribution is 2.43. The first-order valence-electron chi connectivity index (χ1n) is 17.5. The Kier molecular flexibility index (Phi) is 7.12. The predicted molar refractivity (Wildman–Crippen MR) is 214 cm³/mol. The summed E-state index contributed by atoms with van der Waals surface area (Å²) >= 11 is 0. The minimum Gasteiger partial charge on any atom is -0.455 e. The predicted octanol–water partition coefficient (Wildman–Crippen LogP) is 12.3. The van der Waals surface area contributed by atoms with Gasteiger partial charge in [0, 0.05) is 32.8 Å². The molecule has 5 heteroatoms. The molecule has 0 aliphatic heterocycles. The van der Waals surface area contributed by atoms with Crippen LogP contribution in [0.2, 0.25) is 0 Å². The van der Waals surface area contributed by atoms with Crippen molar-refractivity contribution >= 4 is 43.5 Å². The first-order valence-corrected chi connectivity index (χ1v) is 17.5. The molecule has 0 amide bonds. The maximum atomic E-state index is 9.19. The van der Waals surface area contributed by atoms with Crippen molar-refractivity contribution < 1.29 is 4.42 Å². The number of rotatable bonds is 5. The Morgan fingerprint density at radius 2 is 0.849 bits per heavy atom. The van der Waals surface area contributed by atoms with Gasteiger partial charge in [-0.15, -0.1) is 0 Å². The molecular formula is C48H28N4O. The third-order valence-corrected chi connectivity index (χ3v) is 9.96. The molecule has 0 atom stereocenters. The average molecular weight is 677 g/mol.